The zero-order valence-electron chi connectivity index (χ0n) is 9.84. The van der Waals surface area contributed by atoms with Crippen molar-refractivity contribution in [3.05, 3.63) is 26.8 Å². The van der Waals surface area contributed by atoms with Crippen LogP contribution in [0.15, 0.2) is 18.2 Å². The van der Waals surface area contributed by atoms with E-state index in [1.54, 1.807) is 7.11 Å². The minimum Gasteiger partial charge on any atom is -0.384 e. The van der Waals surface area contributed by atoms with Gasteiger partial charge in [0, 0.05) is 34.5 Å². The molecule has 0 fully saturated rings. The van der Waals surface area contributed by atoms with Gasteiger partial charge >= 0.3 is 0 Å². The number of hydrogen-bond donors (Lipinski definition) is 1. The van der Waals surface area contributed by atoms with E-state index in [1.165, 1.54) is 0 Å². The number of nitrogens with one attached hydrogen (secondary N) is 1. The standard InChI is InChI=1S/C12H17ClINO2/c1-16-7-8-17-6-2-5-15-12-4-3-10(13)9-11(12)14/h3-4,9,15H,2,5-8H2,1H3. The molecule has 1 aromatic rings. The van der Waals surface area contributed by atoms with E-state index in [0.717, 1.165) is 33.9 Å². The van der Waals surface area contributed by atoms with E-state index in [1.807, 2.05) is 18.2 Å². The normalized spacial score (nSPS) is 10.5. The van der Waals surface area contributed by atoms with E-state index in [-0.39, 0.29) is 0 Å². The fraction of sp³-hybridized carbons (Fsp3) is 0.500. The first-order chi connectivity index (χ1) is 8.24. The molecule has 0 aliphatic heterocycles. The molecule has 17 heavy (non-hydrogen) atoms. The highest BCUT2D eigenvalue weighted by Gasteiger charge is 1.99. The maximum absolute atomic E-state index is 5.88. The van der Waals surface area contributed by atoms with E-state index in [4.69, 9.17) is 21.1 Å². The van der Waals surface area contributed by atoms with Crippen LogP contribution < -0.4 is 5.32 Å². The molecule has 96 valence electrons. The minimum atomic E-state index is 0.655. The molecule has 0 saturated heterocycles. The maximum atomic E-state index is 5.88. The van der Waals surface area contributed by atoms with Crippen molar-refractivity contribution >= 4 is 39.9 Å². The first-order valence-corrected chi connectivity index (χ1v) is 6.95. The predicted molar refractivity (Wildman–Crippen MR) is 80.0 cm³/mol. The summed E-state index contributed by atoms with van der Waals surface area (Å²) in [5, 5.41) is 4.12. The summed E-state index contributed by atoms with van der Waals surface area (Å²) in [5.41, 5.74) is 1.12. The van der Waals surface area contributed by atoms with Gasteiger partial charge in [0.2, 0.25) is 0 Å². The first kappa shape index (κ1) is 15.0. The molecule has 0 aliphatic carbocycles. The Bertz CT molecular complexity index is 336. The van der Waals surface area contributed by atoms with Gasteiger partial charge in [0.05, 0.1) is 13.2 Å². The van der Waals surface area contributed by atoms with Gasteiger partial charge in [-0.3, -0.25) is 0 Å². The molecule has 5 heteroatoms. The van der Waals surface area contributed by atoms with Crippen molar-refractivity contribution < 1.29 is 9.47 Å². The summed E-state index contributed by atoms with van der Waals surface area (Å²) in [6.07, 6.45) is 0.975. The van der Waals surface area contributed by atoms with Crippen LogP contribution in [-0.2, 0) is 9.47 Å². The summed E-state index contributed by atoms with van der Waals surface area (Å²) in [7, 11) is 1.67. The van der Waals surface area contributed by atoms with Gasteiger partial charge in [-0.15, -0.1) is 0 Å². The highest BCUT2D eigenvalue weighted by Crippen LogP contribution is 2.22. The Balaban J connectivity index is 2.14. The number of halogens is 2. The molecule has 0 heterocycles. The largest absolute Gasteiger partial charge is 0.384 e. The van der Waals surface area contributed by atoms with Crippen LogP contribution in [0.25, 0.3) is 0 Å². The Hall–Kier alpha value is -0.0400. The van der Waals surface area contributed by atoms with Gasteiger partial charge in [0.25, 0.3) is 0 Å². The molecule has 0 unspecified atom stereocenters. The molecular formula is C12H17ClINO2. The second kappa shape index (κ2) is 8.97. The van der Waals surface area contributed by atoms with Crippen molar-refractivity contribution in [3.8, 4) is 0 Å². The van der Waals surface area contributed by atoms with Crippen molar-refractivity contribution in [2.45, 2.75) is 6.42 Å². The minimum absolute atomic E-state index is 0.655. The van der Waals surface area contributed by atoms with E-state index in [0.29, 0.717) is 13.2 Å². The van der Waals surface area contributed by atoms with Gasteiger partial charge in [0.1, 0.15) is 0 Å². The van der Waals surface area contributed by atoms with E-state index < -0.39 is 0 Å². The van der Waals surface area contributed by atoms with Crippen LogP contribution in [0.1, 0.15) is 6.42 Å². The van der Waals surface area contributed by atoms with Gasteiger partial charge in [-0.25, -0.2) is 0 Å². The Kier molecular flexibility index (Phi) is 7.92. The summed E-state index contributed by atoms with van der Waals surface area (Å²) in [4.78, 5) is 0. The lowest BCUT2D eigenvalue weighted by atomic mass is 10.3. The second-order valence-electron chi connectivity index (χ2n) is 3.51. The summed E-state index contributed by atoms with van der Waals surface area (Å²) in [5.74, 6) is 0. The van der Waals surface area contributed by atoms with Crippen LogP contribution in [-0.4, -0.2) is 33.5 Å². The quantitative estimate of drug-likeness (QED) is 0.563. The Morgan fingerprint density at radius 3 is 2.82 bits per heavy atom. The molecule has 0 aromatic heterocycles. The lowest BCUT2D eigenvalue weighted by Gasteiger charge is -2.09. The molecule has 3 nitrogen and oxygen atoms in total. The van der Waals surface area contributed by atoms with Crippen molar-refractivity contribution in [3.63, 3.8) is 0 Å². The molecule has 1 N–H and O–H groups in total. The van der Waals surface area contributed by atoms with Crippen LogP contribution in [0.5, 0.6) is 0 Å². The van der Waals surface area contributed by atoms with Gasteiger partial charge in [-0.1, -0.05) is 11.6 Å². The molecule has 0 radical (unpaired) electrons. The van der Waals surface area contributed by atoms with E-state index in [9.17, 15) is 0 Å². The summed E-state index contributed by atoms with van der Waals surface area (Å²) in [6, 6.07) is 5.83. The monoisotopic (exact) mass is 369 g/mol. The molecule has 1 rings (SSSR count). The third-order valence-corrected chi connectivity index (χ3v) is 3.27. The number of benzene rings is 1. The summed E-state index contributed by atoms with van der Waals surface area (Å²) < 4.78 is 11.4. The van der Waals surface area contributed by atoms with E-state index >= 15 is 0 Å². The number of hydrogen-bond acceptors (Lipinski definition) is 3. The number of ether oxygens (including phenoxy) is 2. The Labute approximate surface area is 121 Å². The third-order valence-electron chi connectivity index (χ3n) is 2.14. The zero-order chi connectivity index (χ0) is 12.5. The molecule has 0 spiro atoms. The van der Waals surface area contributed by atoms with Crippen LogP contribution in [0.2, 0.25) is 5.02 Å². The number of methoxy groups -OCH3 is 1. The third kappa shape index (κ3) is 6.45. The fourth-order valence-corrected chi connectivity index (χ4v) is 2.34. The number of rotatable bonds is 8. The lowest BCUT2D eigenvalue weighted by molar-refractivity contribution is 0.0705. The van der Waals surface area contributed by atoms with Crippen LogP contribution in [0.4, 0.5) is 5.69 Å². The second-order valence-corrected chi connectivity index (χ2v) is 5.11. The molecular weight excluding hydrogens is 352 g/mol. The molecule has 0 aliphatic rings. The molecule has 1 aromatic carbocycles. The molecule has 0 bridgehead atoms. The first-order valence-electron chi connectivity index (χ1n) is 5.49. The van der Waals surface area contributed by atoms with Crippen molar-refractivity contribution in [2.75, 3.05) is 38.8 Å². The van der Waals surface area contributed by atoms with Gasteiger partial charge in [0.15, 0.2) is 0 Å². The summed E-state index contributed by atoms with van der Waals surface area (Å²) in [6.45, 7) is 2.96. The molecule has 0 amide bonds. The van der Waals surface area contributed by atoms with Gasteiger partial charge in [-0.2, -0.15) is 0 Å². The smallest absolute Gasteiger partial charge is 0.0700 e. The molecule has 0 saturated carbocycles. The highest BCUT2D eigenvalue weighted by atomic mass is 127. The van der Waals surface area contributed by atoms with Gasteiger partial charge < -0.3 is 14.8 Å². The SMILES string of the molecule is COCCOCCCNc1ccc(Cl)cc1I. The van der Waals surface area contributed by atoms with E-state index in [2.05, 4.69) is 27.9 Å². The summed E-state index contributed by atoms with van der Waals surface area (Å²) >= 11 is 8.16. The number of anilines is 1. The lowest BCUT2D eigenvalue weighted by Crippen LogP contribution is -2.08. The van der Waals surface area contributed by atoms with Crippen molar-refractivity contribution in [1.82, 2.24) is 0 Å². The van der Waals surface area contributed by atoms with Crippen molar-refractivity contribution in [2.24, 2.45) is 0 Å². The average molecular weight is 370 g/mol. The van der Waals surface area contributed by atoms with Crippen LogP contribution >= 0.6 is 34.2 Å². The van der Waals surface area contributed by atoms with Crippen molar-refractivity contribution in [1.29, 1.82) is 0 Å². The zero-order valence-corrected chi connectivity index (χ0v) is 12.8. The molecule has 0 atom stereocenters. The van der Waals surface area contributed by atoms with Crippen LogP contribution in [0, 0.1) is 3.57 Å². The fourth-order valence-electron chi connectivity index (χ4n) is 1.27. The topological polar surface area (TPSA) is 30.5 Å². The van der Waals surface area contributed by atoms with Crippen LogP contribution in [0.3, 0.4) is 0 Å². The highest BCUT2D eigenvalue weighted by molar-refractivity contribution is 14.1. The predicted octanol–water partition coefficient (Wildman–Crippen LogP) is 3.41. The Morgan fingerprint density at radius 1 is 1.29 bits per heavy atom. The average Bonchev–Trinajstić information content (AvgIpc) is 2.30. The maximum Gasteiger partial charge on any atom is 0.0700 e. The Morgan fingerprint density at radius 2 is 2.12 bits per heavy atom. The van der Waals surface area contributed by atoms with Gasteiger partial charge in [-0.05, 0) is 47.2 Å².